The minimum Gasteiger partial charge on any atom is -0.497 e. The molecule has 0 aromatic heterocycles. The van der Waals surface area contributed by atoms with E-state index in [4.69, 9.17) is 4.74 Å². The normalized spacial score (nSPS) is 10.8. The summed E-state index contributed by atoms with van der Waals surface area (Å²) in [6.45, 7) is 0. The monoisotopic (exact) mass is 208 g/mol. The van der Waals surface area contributed by atoms with Gasteiger partial charge in [-0.2, -0.15) is 0 Å². The van der Waals surface area contributed by atoms with Crippen molar-refractivity contribution in [2.24, 2.45) is 0 Å². The van der Waals surface area contributed by atoms with E-state index in [0.29, 0.717) is 0 Å². The van der Waals surface area contributed by atoms with Crippen LogP contribution in [0.4, 0.5) is 0 Å². The summed E-state index contributed by atoms with van der Waals surface area (Å²) in [7, 11) is 1.70. The third-order valence-corrected chi connectivity index (χ3v) is 2.95. The Morgan fingerprint density at radius 2 is 1.44 bits per heavy atom. The van der Waals surface area contributed by atoms with Crippen LogP contribution in [0.1, 0.15) is 0 Å². The van der Waals surface area contributed by atoms with E-state index in [9.17, 15) is 0 Å². The number of hydrogen-bond acceptors (Lipinski definition) is 1. The molecule has 78 valence electrons. The Hall–Kier alpha value is -2.02. The molecule has 0 atom stereocenters. The molecule has 0 bridgehead atoms. The third-order valence-electron chi connectivity index (χ3n) is 2.95. The second-order valence-corrected chi connectivity index (χ2v) is 3.87. The molecule has 1 heteroatoms. The van der Waals surface area contributed by atoms with Gasteiger partial charge in [-0.1, -0.05) is 42.5 Å². The van der Waals surface area contributed by atoms with Crippen molar-refractivity contribution in [2.45, 2.75) is 0 Å². The zero-order valence-corrected chi connectivity index (χ0v) is 9.10. The average molecular weight is 208 g/mol. The lowest BCUT2D eigenvalue weighted by Gasteiger charge is -2.05. The van der Waals surface area contributed by atoms with Crippen LogP contribution in [0.25, 0.3) is 21.5 Å². The highest BCUT2D eigenvalue weighted by atomic mass is 16.5. The van der Waals surface area contributed by atoms with Crippen LogP contribution in [0.5, 0.6) is 5.75 Å². The van der Waals surface area contributed by atoms with Gasteiger partial charge in [-0.15, -0.1) is 0 Å². The third kappa shape index (κ3) is 1.33. The van der Waals surface area contributed by atoms with E-state index in [1.54, 1.807) is 7.11 Å². The first-order valence-corrected chi connectivity index (χ1v) is 5.34. The minimum atomic E-state index is 0.906. The molecule has 0 fully saturated rings. The van der Waals surface area contributed by atoms with Gasteiger partial charge < -0.3 is 4.74 Å². The summed E-state index contributed by atoms with van der Waals surface area (Å²) in [5, 5.41) is 5.04. The fourth-order valence-electron chi connectivity index (χ4n) is 2.11. The first-order chi connectivity index (χ1) is 7.88. The maximum Gasteiger partial charge on any atom is 0.119 e. The lowest BCUT2D eigenvalue weighted by Crippen LogP contribution is -1.83. The lowest BCUT2D eigenvalue weighted by molar-refractivity contribution is 0.415. The van der Waals surface area contributed by atoms with Gasteiger partial charge in [0.25, 0.3) is 0 Å². The first-order valence-electron chi connectivity index (χ1n) is 5.34. The van der Waals surface area contributed by atoms with E-state index < -0.39 is 0 Å². The highest BCUT2D eigenvalue weighted by Crippen LogP contribution is 2.28. The summed E-state index contributed by atoms with van der Waals surface area (Å²) < 4.78 is 5.27. The molecule has 0 N–H and O–H groups in total. The molecule has 3 rings (SSSR count). The van der Waals surface area contributed by atoms with Crippen molar-refractivity contribution in [1.29, 1.82) is 0 Å². The minimum absolute atomic E-state index is 0.906. The van der Waals surface area contributed by atoms with Crippen LogP contribution >= 0.6 is 0 Å². The number of benzene rings is 3. The quantitative estimate of drug-likeness (QED) is 0.549. The van der Waals surface area contributed by atoms with E-state index >= 15 is 0 Å². The Labute approximate surface area is 94.3 Å². The van der Waals surface area contributed by atoms with E-state index in [1.165, 1.54) is 21.5 Å². The molecule has 0 amide bonds. The summed E-state index contributed by atoms with van der Waals surface area (Å²) >= 11 is 0. The van der Waals surface area contributed by atoms with Crippen molar-refractivity contribution in [3.05, 3.63) is 54.6 Å². The van der Waals surface area contributed by atoms with Gasteiger partial charge in [-0.05, 0) is 33.7 Å². The second kappa shape index (κ2) is 3.53. The van der Waals surface area contributed by atoms with E-state index in [-0.39, 0.29) is 0 Å². The van der Waals surface area contributed by atoms with Gasteiger partial charge in [0.05, 0.1) is 7.11 Å². The topological polar surface area (TPSA) is 9.23 Å². The van der Waals surface area contributed by atoms with Crippen molar-refractivity contribution < 1.29 is 4.74 Å². The standard InChI is InChI=1S/C15H12O/c1-16-13-9-8-12-7-6-11-4-2-3-5-14(11)15(12)10-13/h2-10H,1H3. The number of fused-ring (bicyclic) bond motifs is 3. The molecule has 1 nitrogen and oxygen atoms in total. The first kappa shape index (κ1) is 9.22. The van der Waals surface area contributed by atoms with E-state index in [1.807, 2.05) is 6.07 Å². The number of methoxy groups -OCH3 is 1. The van der Waals surface area contributed by atoms with Crippen molar-refractivity contribution in [2.75, 3.05) is 7.11 Å². The van der Waals surface area contributed by atoms with Crippen molar-refractivity contribution in [3.8, 4) is 5.75 Å². The zero-order valence-electron chi connectivity index (χ0n) is 9.10. The Bertz CT molecular complexity index is 656. The number of ether oxygens (including phenoxy) is 1. The zero-order chi connectivity index (χ0) is 11.0. The van der Waals surface area contributed by atoms with Crippen molar-refractivity contribution in [3.63, 3.8) is 0 Å². The summed E-state index contributed by atoms with van der Waals surface area (Å²) in [6.07, 6.45) is 0. The fourth-order valence-corrected chi connectivity index (χ4v) is 2.11. The molecule has 3 aromatic carbocycles. The molecule has 0 saturated carbocycles. The molecule has 0 radical (unpaired) electrons. The van der Waals surface area contributed by atoms with Gasteiger partial charge in [0.15, 0.2) is 0 Å². The molecule has 16 heavy (non-hydrogen) atoms. The highest BCUT2D eigenvalue weighted by molar-refractivity contribution is 6.07. The second-order valence-electron chi connectivity index (χ2n) is 3.87. The predicted octanol–water partition coefficient (Wildman–Crippen LogP) is 4.00. The van der Waals surface area contributed by atoms with Crippen LogP contribution in [-0.2, 0) is 0 Å². The van der Waals surface area contributed by atoms with E-state index in [0.717, 1.165) is 5.75 Å². The lowest BCUT2D eigenvalue weighted by atomic mass is 10.0. The number of hydrogen-bond donors (Lipinski definition) is 0. The van der Waals surface area contributed by atoms with Gasteiger partial charge in [-0.25, -0.2) is 0 Å². The maximum absolute atomic E-state index is 5.27. The molecule has 0 unspecified atom stereocenters. The summed E-state index contributed by atoms with van der Waals surface area (Å²) in [6, 6.07) is 18.9. The van der Waals surface area contributed by atoms with Crippen LogP contribution in [0.15, 0.2) is 54.6 Å². The molecule has 0 saturated heterocycles. The van der Waals surface area contributed by atoms with E-state index in [2.05, 4.69) is 48.5 Å². The van der Waals surface area contributed by atoms with Crippen LogP contribution in [0, 0.1) is 0 Å². The Morgan fingerprint density at radius 3 is 2.25 bits per heavy atom. The fraction of sp³-hybridized carbons (Fsp3) is 0.0667. The van der Waals surface area contributed by atoms with Crippen LogP contribution in [0.2, 0.25) is 0 Å². The summed E-state index contributed by atoms with van der Waals surface area (Å²) in [5.41, 5.74) is 0. The maximum atomic E-state index is 5.27. The average Bonchev–Trinajstić information content (AvgIpc) is 2.38. The molecule has 0 heterocycles. The SMILES string of the molecule is COc1ccc2ccc3ccccc3c2c1. The largest absolute Gasteiger partial charge is 0.497 e. The molecular formula is C15H12O. The van der Waals surface area contributed by atoms with Gasteiger partial charge in [0.1, 0.15) is 5.75 Å². The summed E-state index contributed by atoms with van der Waals surface area (Å²) in [4.78, 5) is 0. The van der Waals surface area contributed by atoms with Gasteiger partial charge in [0, 0.05) is 0 Å². The Kier molecular flexibility index (Phi) is 2.03. The van der Waals surface area contributed by atoms with Gasteiger partial charge >= 0.3 is 0 Å². The van der Waals surface area contributed by atoms with Crippen molar-refractivity contribution >= 4 is 21.5 Å². The van der Waals surface area contributed by atoms with Crippen LogP contribution < -0.4 is 4.74 Å². The predicted molar refractivity (Wildman–Crippen MR) is 68.0 cm³/mol. The molecule has 0 aliphatic rings. The van der Waals surface area contributed by atoms with Gasteiger partial charge in [-0.3, -0.25) is 0 Å². The van der Waals surface area contributed by atoms with Crippen LogP contribution in [-0.4, -0.2) is 7.11 Å². The molecule has 0 aliphatic heterocycles. The molecule has 3 aromatic rings. The Balaban J connectivity index is 2.47. The smallest absolute Gasteiger partial charge is 0.119 e. The number of rotatable bonds is 1. The van der Waals surface area contributed by atoms with Gasteiger partial charge in [0.2, 0.25) is 0 Å². The molecular weight excluding hydrogens is 196 g/mol. The molecule has 0 spiro atoms. The van der Waals surface area contributed by atoms with Crippen molar-refractivity contribution in [1.82, 2.24) is 0 Å². The summed E-state index contributed by atoms with van der Waals surface area (Å²) in [5.74, 6) is 0.906. The Morgan fingerprint density at radius 1 is 0.750 bits per heavy atom. The molecule has 0 aliphatic carbocycles. The van der Waals surface area contributed by atoms with Crippen LogP contribution in [0.3, 0.4) is 0 Å². The highest BCUT2D eigenvalue weighted by Gasteiger charge is 2.01.